The van der Waals surface area contributed by atoms with Gasteiger partial charge in [-0.25, -0.2) is 4.98 Å². The number of imidazole rings is 1. The Kier molecular flexibility index (Phi) is 7.13. The highest BCUT2D eigenvalue weighted by atomic mass is 14.9. The summed E-state index contributed by atoms with van der Waals surface area (Å²) in [5.74, 6) is 1.96. The Labute approximate surface area is 199 Å². The van der Waals surface area contributed by atoms with E-state index in [-0.39, 0.29) is 0 Å². The van der Waals surface area contributed by atoms with Gasteiger partial charge >= 0.3 is 0 Å². The number of unbranched alkanes of at least 4 members (excludes halogenated alkanes) is 1. The Morgan fingerprint density at radius 1 is 0.667 bits per heavy atom. The Bertz CT molecular complexity index is 1090. The van der Waals surface area contributed by atoms with E-state index in [4.69, 9.17) is 4.98 Å². The molecular weight excluding hydrogens is 400 g/mol. The van der Waals surface area contributed by atoms with Gasteiger partial charge in [-0.05, 0) is 41.4 Å². The lowest BCUT2D eigenvalue weighted by atomic mass is 9.97. The molecule has 4 aromatic rings. The highest BCUT2D eigenvalue weighted by Crippen LogP contribution is 2.34. The highest BCUT2D eigenvalue weighted by Gasteiger charge is 2.16. The van der Waals surface area contributed by atoms with Crippen LogP contribution < -0.4 is 0 Å². The number of benzene rings is 3. The number of aromatic amines is 1. The summed E-state index contributed by atoms with van der Waals surface area (Å²) in [4.78, 5) is 8.75. The smallest absolute Gasteiger partial charge is 0.138 e. The van der Waals surface area contributed by atoms with Crippen LogP contribution in [0.5, 0.6) is 0 Å². The molecule has 0 saturated carbocycles. The van der Waals surface area contributed by atoms with E-state index in [1.165, 1.54) is 35.1 Å². The van der Waals surface area contributed by atoms with Crippen molar-refractivity contribution in [2.75, 3.05) is 0 Å². The van der Waals surface area contributed by atoms with Crippen LogP contribution in [0.25, 0.3) is 33.9 Å². The summed E-state index contributed by atoms with van der Waals surface area (Å²) in [5, 5.41) is 0. The fourth-order valence-electron chi connectivity index (χ4n) is 4.20. The SMILES string of the molecule is CCCCc1ccc(-c2nc(-c3ccc(C(C)C)cc3)c(-c3ccc(C(C)C)cc3)[nH]2)cc1. The molecule has 0 aliphatic carbocycles. The van der Waals surface area contributed by atoms with Gasteiger partial charge in [0.1, 0.15) is 5.82 Å². The van der Waals surface area contributed by atoms with Crippen LogP contribution in [-0.2, 0) is 6.42 Å². The van der Waals surface area contributed by atoms with Crippen LogP contribution in [0.4, 0.5) is 0 Å². The first-order chi connectivity index (χ1) is 16.0. The Hall–Kier alpha value is -3.13. The van der Waals surface area contributed by atoms with E-state index in [1.807, 2.05) is 0 Å². The van der Waals surface area contributed by atoms with Gasteiger partial charge in [-0.3, -0.25) is 0 Å². The maximum Gasteiger partial charge on any atom is 0.138 e. The molecule has 1 heterocycles. The van der Waals surface area contributed by atoms with Gasteiger partial charge in [0.2, 0.25) is 0 Å². The van der Waals surface area contributed by atoms with Crippen molar-refractivity contribution in [3.63, 3.8) is 0 Å². The third-order valence-electron chi connectivity index (χ3n) is 6.47. The lowest BCUT2D eigenvalue weighted by Gasteiger charge is -2.09. The van der Waals surface area contributed by atoms with Crippen molar-refractivity contribution in [2.45, 2.75) is 65.7 Å². The lowest BCUT2D eigenvalue weighted by molar-refractivity contribution is 0.795. The molecule has 1 aromatic heterocycles. The molecule has 0 aliphatic heterocycles. The van der Waals surface area contributed by atoms with Crippen LogP contribution in [0.15, 0.2) is 72.8 Å². The summed E-state index contributed by atoms with van der Waals surface area (Å²) < 4.78 is 0. The van der Waals surface area contributed by atoms with E-state index in [1.54, 1.807) is 0 Å². The molecule has 0 atom stereocenters. The van der Waals surface area contributed by atoms with Crippen LogP contribution in [-0.4, -0.2) is 9.97 Å². The van der Waals surface area contributed by atoms with Crippen LogP contribution >= 0.6 is 0 Å². The van der Waals surface area contributed by atoms with Gasteiger partial charge < -0.3 is 4.98 Å². The lowest BCUT2D eigenvalue weighted by Crippen LogP contribution is -1.89. The number of nitrogens with zero attached hydrogens (tertiary/aromatic N) is 1. The zero-order valence-electron chi connectivity index (χ0n) is 20.7. The molecule has 0 radical (unpaired) electrons. The highest BCUT2D eigenvalue weighted by molar-refractivity contribution is 5.81. The monoisotopic (exact) mass is 436 g/mol. The van der Waals surface area contributed by atoms with E-state index < -0.39 is 0 Å². The molecule has 0 amide bonds. The van der Waals surface area contributed by atoms with E-state index in [9.17, 15) is 0 Å². The quantitative estimate of drug-likeness (QED) is 0.293. The number of rotatable bonds is 8. The summed E-state index contributed by atoms with van der Waals surface area (Å²) in [6.45, 7) is 11.2. The van der Waals surface area contributed by atoms with E-state index in [0.717, 1.165) is 34.8 Å². The molecule has 0 fully saturated rings. The van der Waals surface area contributed by atoms with Crippen molar-refractivity contribution in [1.29, 1.82) is 0 Å². The van der Waals surface area contributed by atoms with E-state index in [2.05, 4.69) is 112 Å². The van der Waals surface area contributed by atoms with Crippen molar-refractivity contribution in [1.82, 2.24) is 9.97 Å². The first-order valence-electron chi connectivity index (χ1n) is 12.4. The standard InChI is InChI=1S/C31H36N2/c1-6-7-8-23-9-11-28(12-10-23)31-32-29(26-17-13-24(14-18-26)21(2)3)30(33-31)27-19-15-25(16-20-27)22(4)5/h9-22H,6-8H2,1-5H3,(H,32,33). The molecule has 0 unspecified atom stereocenters. The summed E-state index contributed by atoms with van der Waals surface area (Å²) in [6.07, 6.45) is 3.58. The minimum Gasteiger partial charge on any atom is -0.337 e. The molecule has 4 rings (SSSR count). The van der Waals surface area contributed by atoms with Crippen LogP contribution in [0.2, 0.25) is 0 Å². The fraction of sp³-hybridized carbons (Fsp3) is 0.323. The molecule has 0 saturated heterocycles. The maximum absolute atomic E-state index is 5.10. The molecule has 0 aliphatic rings. The van der Waals surface area contributed by atoms with Crippen molar-refractivity contribution in [2.24, 2.45) is 0 Å². The average molecular weight is 437 g/mol. The van der Waals surface area contributed by atoms with Gasteiger partial charge in [-0.15, -0.1) is 0 Å². The first-order valence-corrected chi connectivity index (χ1v) is 12.4. The van der Waals surface area contributed by atoms with Gasteiger partial charge in [-0.1, -0.05) is 114 Å². The zero-order valence-corrected chi connectivity index (χ0v) is 20.7. The zero-order chi connectivity index (χ0) is 23.4. The molecule has 33 heavy (non-hydrogen) atoms. The van der Waals surface area contributed by atoms with Crippen molar-refractivity contribution < 1.29 is 0 Å². The molecule has 0 bridgehead atoms. The third-order valence-corrected chi connectivity index (χ3v) is 6.47. The maximum atomic E-state index is 5.10. The predicted molar refractivity (Wildman–Crippen MR) is 142 cm³/mol. The topological polar surface area (TPSA) is 28.7 Å². The minimum atomic E-state index is 0.517. The number of hydrogen-bond acceptors (Lipinski definition) is 1. The molecule has 1 N–H and O–H groups in total. The van der Waals surface area contributed by atoms with Crippen molar-refractivity contribution in [3.8, 4) is 33.9 Å². The van der Waals surface area contributed by atoms with Crippen LogP contribution in [0.1, 0.15) is 76.0 Å². The summed E-state index contributed by atoms with van der Waals surface area (Å²) in [5.41, 5.74) is 9.61. The Balaban J connectivity index is 1.75. The Morgan fingerprint density at radius 2 is 1.18 bits per heavy atom. The van der Waals surface area contributed by atoms with E-state index >= 15 is 0 Å². The van der Waals surface area contributed by atoms with Crippen LogP contribution in [0.3, 0.4) is 0 Å². The second-order valence-corrected chi connectivity index (χ2v) is 9.66. The largest absolute Gasteiger partial charge is 0.337 e. The summed E-state index contributed by atoms with van der Waals surface area (Å²) in [7, 11) is 0. The minimum absolute atomic E-state index is 0.517. The van der Waals surface area contributed by atoms with Crippen molar-refractivity contribution in [3.05, 3.63) is 89.5 Å². The van der Waals surface area contributed by atoms with E-state index in [0.29, 0.717) is 11.8 Å². The van der Waals surface area contributed by atoms with Gasteiger partial charge in [-0.2, -0.15) is 0 Å². The van der Waals surface area contributed by atoms with Gasteiger partial charge in [0, 0.05) is 16.7 Å². The molecular formula is C31H36N2. The molecule has 2 heteroatoms. The van der Waals surface area contributed by atoms with Gasteiger partial charge in [0.05, 0.1) is 11.4 Å². The number of hydrogen-bond donors (Lipinski definition) is 1. The number of aryl methyl sites for hydroxylation is 1. The molecule has 3 aromatic carbocycles. The molecule has 2 nitrogen and oxygen atoms in total. The predicted octanol–water partition coefficient (Wildman–Crippen LogP) is 9.00. The van der Waals surface area contributed by atoms with Gasteiger partial charge in [0.15, 0.2) is 0 Å². The molecule has 0 spiro atoms. The molecule has 170 valence electrons. The normalized spacial score (nSPS) is 11.5. The van der Waals surface area contributed by atoms with Gasteiger partial charge in [0.25, 0.3) is 0 Å². The number of H-pyrrole nitrogens is 1. The third kappa shape index (κ3) is 5.27. The second kappa shape index (κ2) is 10.2. The first kappa shape index (κ1) is 23.0. The van der Waals surface area contributed by atoms with Crippen molar-refractivity contribution >= 4 is 0 Å². The summed E-state index contributed by atoms with van der Waals surface area (Å²) in [6, 6.07) is 26.6. The Morgan fingerprint density at radius 3 is 1.70 bits per heavy atom. The number of aromatic nitrogens is 2. The average Bonchev–Trinajstić information content (AvgIpc) is 3.28. The van der Waals surface area contributed by atoms with Crippen LogP contribution in [0, 0.1) is 0 Å². The summed E-state index contributed by atoms with van der Waals surface area (Å²) >= 11 is 0. The second-order valence-electron chi connectivity index (χ2n) is 9.66. The number of nitrogens with one attached hydrogen (secondary N) is 1. The fourth-order valence-corrected chi connectivity index (χ4v) is 4.20.